The van der Waals surface area contributed by atoms with Crippen LogP contribution in [0.15, 0.2) is 4.99 Å². The number of carbonyl (C=O) groups excluding carboxylic acids is 2. The number of ether oxygens (including phenoxy) is 1. The van der Waals surface area contributed by atoms with Crippen LogP contribution in [0, 0.1) is 11.3 Å². The quantitative estimate of drug-likeness (QED) is 0.439. The van der Waals surface area contributed by atoms with Gasteiger partial charge in [-0.05, 0) is 33.6 Å². The molecule has 2 N–H and O–H groups in total. The molecular weight excluding hydrogens is 296 g/mol. The summed E-state index contributed by atoms with van der Waals surface area (Å²) < 4.78 is 5.09. The summed E-state index contributed by atoms with van der Waals surface area (Å²) in [6, 6.07) is 0. The van der Waals surface area contributed by atoms with Crippen molar-refractivity contribution in [3.8, 4) is 0 Å². The fraction of sp³-hybridized carbons (Fsp3) is 0.812. The predicted molar refractivity (Wildman–Crippen MR) is 90.1 cm³/mol. The van der Waals surface area contributed by atoms with E-state index in [1.807, 2.05) is 20.8 Å². The lowest BCUT2D eigenvalue weighted by Crippen LogP contribution is -2.50. The average molecular weight is 326 g/mol. The van der Waals surface area contributed by atoms with Crippen LogP contribution in [0.4, 0.5) is 0 Å². The minimum atomic E-state index is -0.520. The van der Waals surface area contributed by atoms with Crippen molar-refractivity contribution in [2.75, 3.05) is 40.3 Å². The Morgan fingerprint density at radius 1 is 1.30 bits per heavy atom. The first-order valence-electron chi connectivity index (χ1n) is 8.20. The highest BCUT2D eigenvalue weighted by atomic mass is 16.5. The molecule has 0 saturated carbocycles. The monoisotopic (exact) mass is 326 g/mol. The molecule has 0 aliphatic carbocycles. The molecule has 0 radical (unpaired) electrons. The van der Waals surface area contributed by atoms with Gasteiger partial charge in [0.25, 0.3) is 0 Å². The second-order valence-corrected chi connectivity index (χ2v) is 6.38. The summed E-state index contributed by atoms with van der Waals surface area (Å²) in [7, 11) is 3.37. The van der Waals surface area contributed by atoms with Crippen LogP contribution in [0.25, 0.3) is 0 Å². The molecular formula is C16H30N4O3. The van der Waals surface area contributed by atoms with Crippen LogP contribution >= 0.6 is 0 Å². The van der Waals surface area contributed by atoms with Gasteiger partial charge in [0.05, 0.1) is 17.9 Å². The van der Waals surface area contributed by atoms with Gasteiger partial charge in [-0.3, -0.25) is 14.6 Å². The molecule has 132 valence electrons. The molecule has 23 heavy (non-hydrogen) atoms. The molecule has 1 fully saturated rings. The van der Waals surface area contributed by atoms with E-state index in [-0.39, 0.29) is 17.8 Å². The molecule has 0 aromatic rings. The van der Waals surface area contributed by atoms with Crippen molar-refractivity contribution in [1.82, 2.24) is 15.5 Å². The van der Waals surface area contributed by atoms with E-state index in [1.165, 1.54) is 0 Å². The van der Waals surface area contributed by atoms with E-state index in [9.17, 15) is 9.59 Å². The van der Waals surface area contributed by atoms with Crippen molar-refractivity contribution >= 4 is 17.8 Å². The summed E-state index contributed by atoms with van der Waals surface area (Å²) in [5.41, 5.74) is -0.520. The molecule has 7 heteroatoms. The maximum atomic E-state index is 11.8. The Morgan fingerprint density at radius 3 is 2.39 bits per heavy atom. The van der Waals surface area contributed by atoms with Gasteiger partial charge in [-0.15, -0.1) is 0 Å². The van der Waals surface area contributed by atoms with E-state index in [0.29, 0.717) is 13.2 Å². The zero-order valence-corrected chi connectivity index (χ0v) is 14.9. The fourth-order valence-electron chi connectivity index (χ4n) is 2.64. The Hall–Kier alpha value is -1.79. The van der Waals surface area contributed by atoms with E-state index in [1.54, 1.807) is 14.1 Å². The molecule has 0 spiro atoms. The molecule has 1 amide bonds. The van der Waals surface area contributed by atoms with Gasteiger partial charge in [0.2, 0.25) is 5.91 Å². The molecule has 1 aliphatic rings. The van der Waals surface area contributed by atoms with Crippen LogP contribution in [-0.4, -0.2) is 63.1 Å². The molecule has 7 nitrogen and oxygen atoms in total. The highest BCUT2D eigenvalue weighted by Crippen LogP contribution is 2.19. The predicted octanol–water partition coefficient (Wildman–Crippen LogP) is 0.609. The molecule has 0 unspecified atom stereocenters. The first-order valence-corrected chi connectivity index (χ1v) is 8.20. The van der Waals surface area contributed by atoms with Crippen LogP contribution in [0.2, 0.25) is 0 Å². The number of nitrogens with one attached hydrogen (secondary N) is 2. The minimum absolute atomic E-state index is 0.0125. The lowest BCUT2D eigenvalue weighted by Gasteiger charge is -2.34. The fourth-order valence-corrected chi connectivity index (χ4v) is 2.64. The standard InChI is InChI=1S/C16H30N4O3/c1-6-23-13(21)12-7-9-20(10-8-12)15(18-5)19-11-16(2,3)14(22)17-4/h12H,6-11H2,1-5H3,(H,17,22)(H,18,19). The number of nitrogens with zero attached hydrogens (tertiary/aromatic N) is 2. The van der Waals surface area contributed by atoms with Crippen molar-refractivity contribution in [2.24, 2.45) is 16.3 Å². The number of piperidine rings is 1. The molecule has 0 aromatic carbocycles. The Labute approximate surface area is 138 Å². The number of aliphatic imine (C=N–C) groups is 1. The minimum Gasteiger partial charge on any atom is -0.466 e. The normalized spacial score (nSPS) is 16.9. The number of hydrogen-bond donors (Lipinski definition) is 2. The number of guanidine groups is 1. The van der Waals surface area contributed by atoms with Gasteiger partial charge in [0.15, 0.2) is 5.96 Å². The third kappa shape index (κ3) is 5.41. The van der Waals surface area contributed by atoms with Crippen molar-refractivity contribution in [3.05, 3.63) is 0 Å². The maximum absolute atomic E-state index is 11.8. The van der Waals surface area contributed by atoms with E-state index in [0.717, 1.165) is 31.9 Å². The Kier molecular flexibility index (Phi) is 7.32. The molecule has 1 saturated heterocycles. The van der Waals surface area contributed by atoms with Crippen molar-refractivity contribution < 1.29 is 14.3 Å². The van der Waals surface area contributed by atoms with Crippen LogP contribution in [0.3, 0.4) is 0 Å². The van der Waals surface area contributed by atoms with Gasteiger partial charge < -0.3 is 20.3 Å². The van der Waals surface area contributed by atoms with E-state index < -0.39 is 5.41 Å². The Balaban J connectivity index is 2.52. The lowest BCUT2D eigenvalue weighted by molar-refractivity contribution is -0.149. The summed E-state index contributed by atoms with van der Waals surface area (Å²) in [6.45, 7) is 8.03. The zero-order chi connectivity index (χ0) is 17.5. The number of rotatable bonds is 5. The van der Waals surface area contributed by atoms with Gasteiger partial charge >= 0.3 is 5.97 Å². The van der Waals surface area contributed by atoms with Gasteiger partial charge in [-0.1, -0.05) is 0 Å². The first-order chi connectivity index (χ1) is 10.9. The number of likely N-dealkylation sites (tertiary alicyclic amines) is 1. The van der Waals surface area contributed by atoms with Crippen molar-refractivity contribution in [1.29, 1.82) is 0 Å². The summed E-state index contributed by atoms with van der Waals surface area (Å²) in [5, 5.41) is 5.94. The SMILES string of the molecule is CCOC(=O)C1CCN(C(=NC)NCC(C)(C)C(=O)NC)CC1. The van der Waals surface area contributed by atoms with Crippen molar-refractivity contribution in [3.63, 3.8) is 0 Å². The summed E-state index contributed by atoms with van der Waals surface area (Å²) >= 11 is 0. The molecule has 0 bridgehead atoms. The van der Waals surface area contributed by atoms with Crippen LogP contribution < -0.4 is 10.6 Å². The zero-order valence-electron chi connectivity index (χ0n) is 14.9. The smallest absolute Gasteiger partial charge is 0.309 e. The van der Waals surface area contributed by atoms with Gasteiger partial charge in [0, 0.05) is 33.7 Å². The van der Waals surface area contributed by atoms with Crippen LogP contribution in [-0.2, 0) is 14.3 Å². The molecule has 1 rings (SSSR count). The topological polar surface area (TPSA) is 83.0 Å². The number of amides is 1. The largest absolute Gasteiger partial charge is 0.466 e. The van der Waals surface area contributed by atoms with Gasteiger partial charge in [0.1, 0.15) is 0 Å². The second-order valence-electron chi connectivity index (χ2n) is 6.38. The maximum Gasteiger partial charge on any atom is 0.309 e. The van der Waals surface area contributed by atoms with E-state index >= 15 is 0 Å². The summed E-state index contributed by atoms with van der Waals surface area (Å²) in [6.07, 6.45) is 1.52. The lowest BCUT2D eigenvalue weighted by atomic mass is 9.92. The molecule has 1 heterocycles. The summed E-state index contributed by atoms with van der Waals surface area (Å²) in [4.78, 5) is 30.0. The number of hydrogen-bond acceptors (Lipinski definition) is 4. The van der Waals surface area contributed by atoms with Crippen LogP contribution in [0.5, 0.6) is 0 Å². The second kappa shape index (κ2) is 8.74. The Bertz CT molecular complexity index is 441. The van der Waals surface area contributed by atoms with Crippen molar-refractivity contribution in [2.45, 2.75) is 33.6 Å². The number of esters is 1. The van der Waals surface area contributed by atoms with Gasteiger partial charge in [-0.2, -0.15) is 0 Å². The average Bonchev–Trinajstić information content (AvgIpc) is 2.55. The van der Waals surface area contributed by atoms with E-state index in [2.05, 4.69) is 20.5 Å². The molecule has 1 aliphatic heterocycles. The summed E-state index contributed by atoms with van der Waals surface area (Å²) in [5.74, 6) is 0.633. The Morgan fingerprint density at radius 2 is 1.91 bits per heavy atom. The highest BCUT2D eigenvalue weighted by molar-refractivity contribution is 5.84. The first kappa shape index (κ1) is 19.3. The third-order valence-electron chi connectivity index (χ3n) is 4.16. The van der Waals surface area contributed by atoms with Crippen LogP contribution in [0.1, 0.15) is 33.6 Å². The van der Waals surface area contributed by atoms with E-state index in [4.69, 9.17) is 4.74 Å². The third-order valence-corrected chi connectivity index (χ3v) is 4.16. The number of carbonyl (C=O) groups is 2. The highest BCUT2D eigenvalue weighted by Gasteiger charge is 2.30. The van der Waals surface area contributed by atoms with Gasteiger partial charge in [-0.25, -0.2) is 0 Å². The molecule has 0 aromatic heterocycles. The molecule has 0 atom stereocenters.